The molecule has 0 N–H and O–H groups in total. The highest BCUT2D eigenvalue weighted by molar-refractivity contribution is 5.59. The van der Waals surface area contributed by atoms with Gasteiger partial charge in [0.2, 0.25) is 0 Å². The summed E-state index contributed by atoms with van der Waals surface area (Å²) in [6.45, 7) is 0. The van der Waals surface area contributed by atoms with Gasteiger partial charge in [0, 0.05) is 11.6 Å². The van der Waals surface area contributed by atoms with Gasteiger partial charge in [-0.3, -0.25) is 10.1 Å². The Kier molecular flexibility index (Phi) is 2.33. The van der Waals surface area contributed by atoms with Crippen LogP contribution in [0.3, 0.4) is 0 Å². The van der Waals surface area contributed by atoms with Gasteiger partial charge in [0.1, 0.15) is 5.56 Å². The first-order chi connectivity index (χ1) is 6.20. The van der Waals surface area contributed by atoms with Gasteiger partial charge in [-0.2, -0.15) is 0 Å². The van der Waals surface area contributed by atoms with Gasteiger partial charge in [-0.1, -0.05) is 17.9 Å². The first-order valence-corrected chi connectivity index (χ1v) is 3.41. The van der Waals surface area contributed by atoms with Crippen molar-refractivity contribution in [3.05, 3.63) is 39.4 Å². The SMILES string of the molecule is C#Cc1cccc([N+](=O)[O-])c1C#C. The highest BCUT2D eigenvalue weighted by Crippen LogP contribution is 2.20. The molecule has 0 spiro atoms. The number of rotatable bonds is 1. The Hall–Kier alpha value is -2.26. The van der Waals surface area contributed by atoms with Crippen molar-refractivity contribution in [1.29, 1.82) is 0 Å². The van der Waals surface area contributed by atoms with Crippen molar-refractivity contribution in [2.75, 3.05) is 0 Å². The molecule has 0 aromatic heterocycles. The van der Waals surface area contributed by atoms with Crippen molar-refractivity contribution >= 4 is 5.69 Å². The van der Waals surface area contributed by atoms with E-state index in [0.29, 0.717) is 5.56 Å². The minimum absolute atomic E-state index is 0.127. The fourth-order valence-electron chi connectivity index (χ4n) is 0.964. The van der Waals surface area contributed by atoms with Crippen molar-refractivity contribution in [2.24, 2.45) is 0 Å². The first kappa shape index (κ1) is 8.83. The lowest BCUT2D eigenvalue weighted by atomic mass is 10.1. The number of terminal acetylenes is 2. The third-order valence-electron chi connectivity index (χ3n) is 1.54. The van der Waals surface area contributed by atoms with Gasteiger partial charge in [0.15, 0.2) is 0 Å². The largest absolute Gasteiger partial charge is 0.286 e. The molecule has 62 valence electrons. The summed E-state index contributed by atoms with van der Waals surface area (Å²) in [4.78, 5) is 9.94. The van der Waals surface area contributed by atoms with Crippen LogP contribution in [0.5, 0.6) is 0 Å². The molecule has 1 rings (SSSR count). The van der Waals surface area contributed by atoms with Crippen LogP contribution < -0.4 is 0 Å². The minimum atomic E-state index is -0.546. The lowest BCUT2D eigenvalue weighted by Crippen LogP contribution is -1.94. The Morgan fingerprint density at radius 3 is 2.46 bits per heavy atom. The Balaban J connectivity index is 3.49. The molecule has 1 aromatic carbocycles. The van der Waals surface area contributed by atoms with Crippen molar-refractivity contribution in [3.8, 4) is 24.7 Å². The topological polar surface area (TPSA) is 43.1 Å². The van der Waals surface area contributed by atoms with Gasteiger partial charge >= 0.3 is 0 Å². The van der Waals surface area contributed by atoms with Crippen LogP contribution in [0.4, 0.5) is 5.69 Å². The van der Waals surface area contributed by atoms with Gasteiger partial charge in [-0.25, -0.2) is 0 Å². The molecule has 0 aliphatic carbocycles. The van der Waals surface area contributed by atoms with E-state index in [-0.39, 0.29) is 11.3 Å². The van der Waals surface area contributed by atoms with Gasteiger partial charge in [0.05, 0.1) is 4.92 Å². The van der Waals surface area contributed by atoms with Gasteiger partial charge in [-0.15, -0.1) is 12.8 Å². The molecule has 0 amide bonds. The average molecular weight is 171 g/mol. The quantitative estimate of drug-likeness (QED) is 0.365. The number of nitro benzene ring substituents is 1. The van der Waals surface area contributed by atoms with E-state index in [1.165, 1.54) is 12.1 Å². The fourth-order valence-corrected chi connectivity index (χ4v) is 0.964. The van der Waals surface area contributed by atoms with E-state index in [9.17, 15) is 10.1 Å². The number of nitrogens with zero attached hydrogens (tertiary/aromatic N) is 1. The molecule has 0 radical (unpaired) electrons. The summed E-state index contributed by atoms with van der Waals surface area (Å²) in [5.74, 6) is 4.51. The molecule has 3 heteroatoms. The predicted octanol–water partition coefficient (Wildman–Crippen LogP) is 1.56. The first-order valence-electron chi connectivity index (χ1n) is 3.41. The number of nitro groups is 1. The summed E-state index contributed by atoms with van der Waals surface area (Å²) in [6, 6.07) is 4.41. The molecule has 1 aromatic rings. The summed E-state index contributed by atoms with van der Waals surface area (Å²) >= 11 is 0. The van der Waals surface area contributed by atoms with Gasteiger partial charge in [0.25, 0.3) is 5.69 Å². The third-order valence-corrected chi connectivity index (χ3v) is 1.54. The maximum absolute atomic E-state index is 10.5. The molecule has 0 saturated carbocycles. The Morgan fingerprint density at radius 2 is 2.00 bits per heavy atom. The zero-order chi connectivity index (χ0) is 9.84. The Labute approximate surface area is 75.5 Å². The highest BCUT2D eigenvalue weighted by atomic mass is 16.6. The third kappa shape index (κ3) is 1.50. The van der Waals surface area contributed by atoms with Crippen molar-refractivity contribution in [2.45, 2.75) is 0 Å². The predicted molar refractivity (Wildman–Crippen MR) is 49.0 cm³/mol. The molecule has 0 bridgehead atoms. The van der Waals surface area contributed by atoms with Gasteiger partial charge in [-0.05, 0) is 6.07 Å². The number of hydrogen-bond donors (Lipinski definition) is 0. The zero-order valence-electron chi connectivity index (χ0n) is 6.65. The number of benzene rings is 1. The molecule has 0 aliphatic rings. The maximum atomic E-state index is 10.5. The molecule has 13 heavy (non-hydrogen) atoms. The van der Waals surface area contributed by atoms with E-state index in [4.69, 9.17) is 12.8 Å². The standard InChI is InChI=1S/C10H5NO2/c1-3-8-6-5-7-10(11(12)13)9(8)4-2/h1-2,5-7H. The van der Waals surface area contributed by atoms with Crippen LogP contribution >= 0.6 is 0 Å². The van der Waals surface area contributed by atoms with Gasteiger partial charge < -0.3 is 0 Å². The van der Waals surface area contributed by atoms with E-state index in [1.807, 2.05) is 0 Å². The minimum Gasteiger partial charge on any atom is -0.258 e. The normalized spacial score (nSPS) is 8.46. The molecule has 0 saturated heterocycles. The van der Waals surface area contributed by atoms with E-state index < -0.39 is 4.92 Å². The Morgan fingerprint density at radius 1 is 1.31 bits per heavy atom. The summed E-state index contributed by atoms with van der Waals surface area (Å²) in [5, 5.41) is 10.5. The monoisotopic (exact) mass is 171 g/mol. The summed E-state index contributed by atoms with van der Waals surface area (Å²) in [5.41, 5.74) is 0.407. The van der Waals surface area contributed by atoms with E-state index in [0.717, 1.165) is 0 Å². The molecule has 0 unspecified atom stereocenters. The van der Waals surface area contributed by atoms with Crippen molar-refractivity contribution < 1.29 is 4.92 Å². The Bertz CT molecular complexity index is 435. The smallest absolute Gasteiger partial charge is 0.258 e. The second-order valence-electron chi connectivity index (χ2n) is 2.25. The lowest BCUT2D eigenvalue weighted by Gasteiger charge is -1.97. The number of hydrogen-bond acceptors (Lipinski definition) is 2. The lowest BCUT2D eigenvalue weighted by molar-refractivity contribution is -0.385. The summed E-state index contributed by atoms with van der Waals surface area (Å²) in [7, 11) is 0. The van der Waals surface area contributed by atoms with E-state index in [1.54, 1.807) is 6.07 Å². The molecular weight excluding hydrogens is 166 g/mol. The second-order valence-corrected chi connectivity index (χ2v) is 2.25. The average Bonchev–Trinajstić information content (AvgIpc) is 2.16. The fraction of sp³-hybridized carbons (Fsp3) is 0. The van der Waals surface area contributed by atoms with Crippen molar-refractivity contribution in [3.63, 3.8) is 0 Å². The highest BCUT2D eigenvalue weighted by Gasteiger charge is 2.13. The zero-order valence-corrected chi connectivity index (χ0v) is 6.65. The molecule has 0 aliphatic heterocycles. The molecule has 3 nitrogen and oxygen atoms in total. The van der Waals surface area contributed by atoms with E-state index >= 15 is 0 Å². The summed E-state index contributed by atoms with van der Waals surface area (Å²) < 4.78 is 0. The van der Waals surface area contributed by atoms with Crippen LogP contribution in [-0.2, 0) is 0 Å². The van der Waals surface area contributed by atoms with Crippen LogP contribution in [0.25, 0.3) is 0 Å². The molecule has 0 atom stereocenters. The van der Waals surface area contributed by atoms with Crippen LogP contribution in [0.1, 0.15) is 11.1 Å². The molecule has 0 heterocycles. The maximum Gasteiger partial charge on any atom is 0.286 e. The van der Waals surface area contributed by atoms with Crippen LogP contribution in [0.15, 0.2) is 18.2 Å². The molecular formula is C10H5NO2. The second kappa shape index (κ2) is 3.42. The van der Waals surface area contributed by atoms with Crippen LogP contribution in [-0.4, -0.2) is 4.92 Å². The van der Waals surface area contributed by atoms with Crippen molar-refractivity contribution in [1.82, 2.24) is 0 Å². The molecule has 0 fully saturated rings. The van der Waals surface area contributed by atoms with Crippen LogP contribution in [0, 0.1) is 34.8 Å². The van der Waals surface area contributed by atoms with Crippen LogP contribution in [0.2, 0.25) is 0 Å². The summed E-state index contributed by atoms with van der Waals surface area (Å²) in [6.07, 6.45) is 10.2. The van der Waals surface area contributed by atoms with E-state index in [2.05, 4.69) is 11.8 Å².